The van der Waals surface area contributed by atoms with Gasteiger partial charge in [0.15, 0.2) is 0 Å². The van der Waals surface area contributed by atoms with E-state index in [0.717, 1.165) is 11.3 Å². The summed E-state index contributed by atoms with van der Waals surface area (Å²) in [6.45, 7) is 2.36. The topological polar surface area (TPSA) is 51.2 Å². The summed E-state index contributed by atoms with van der Waals surface area (Å²) in [6, 6.07) is 13.3. The van der Waals surface area contributed by atoms with E-state index in [1.54, 1.807) is 18.5 Å². The highest BCUT2D eigenvalue weighted by atomic mass is 16.5. The molecule has 1 atom stereocenters. The number of nitrogens with zero attached hydrogens (tertiary/aromatic N) is 1. The summed E-state index contributed by atoms with van der Waals surface area (Å²) in [5, 5.41) is 2.80. The zero-order chi connectivity index (χ0) is 14.9. The first-order valence-electron chi connectivity index (χ1n) is 6.81. The average Bonchev–Trinajstić information content (AvgIpc) is 2.53. The fourth-order valence-corrected chi connectivity index (χ4v) is 1.72. The molecule has 0 spiro atoms. The van der Waals surface area contributed by atoms with Gasteiger partial charge in [-0.15, -0.1) is 0 Å². The molecule has 0 aliphatic rings. The summed E-state index contributed by atoms with van der Waals surface area (Å²) in [6.07, 6.45) is 6.52. The number of hydrogen-bond acceptors (Lipinski definition) is 3. The second-order valence-electron chi connectivity index (χ2n) is 4.61. The lowest BCUT2D eigenvalue weighted by atomic mass is 10.2. The maximum atomic E-state index is 11.7. The van der Waals surface area contributed by atoms with Gasteiger partial charge in [-0.1, -0.05) is 24.3 Å². The van der Waals surface area contributed by atoms with Crippen LogP contribution in [0.4, 0.5) is 0 Å². The van der Waals surface area contributed by atoms with E-state index in [-0.39, 0.29) is 12.0 Å². The number of aromatic nitrogens is 1. The number of nitrogens with one attached hydrogen (secondary N) is 1. The van der Waals surface area contributed by atoms with E-state index in [1.165, 1.54) is 6.08 Å². The first kappa shape index (κ1) is 14.8. The van der Waals surface area contributed by atoms with Crippen molar-refractivity contribution in [2.24, 2.45) is 0 Å². The Kier molecular flexibility index (Phi) is 5.52. The molecule has 0 saturated carbocycles. The van der Waals surface area contributed by atoms with Crippen molar-refractivity contribution in [1.82, 2.24) is 10.3 Å². The van der Waals surface area contributed by atoms with E-state index in [0.29, 0.717) is 6.54 Å². The molecule has 0 fully saturated rings. The highest BCUT2D eigenvalue weighted by molar-refractivity contribution is 5.91. The number of pyridine rings is 1. The molecule has 0 radical (unpaired) electrons. The molecule has 4 nitrogen and oxygen atoms in total. The molecule has 21 heavy (non-hydrogen) atoms. The van der Waals surface area contributed by atoms with Crippen molar-refractivity contribution in [3.05, 3.63) is 66.5 Å². The third kappa shape index (κ3) is 5.48. The summed E-state index contributed by atoms with van der Waals surface area (Å²) in [4.78, 5) is 15.7. The molecule has 1 heterocycles. The molecule has 0 saturated heterocycles. The van der Waals surface area contributed by atoms with Crippen LogP contribution in [0.25, 0.3) is 6.08 Å². The molecule has 108 valence electrons. The van der Waals surface area contributed by atoms with Crippen LogP contribution < -0.4 is 10.1 Å². The molecule has 0 bridgehead atoms. The van der Waals surface area contributed by atoms with Gasteiger partial charge in [0.05, 0.1) is 6.54 Å². The van der Waals surface area contributed by atoms with Crippen LogP contribution in [0.5, 0.6) is 5.75 Å². The maximum Gasteiger partial charge on any atom is 0.244 e. The fourth-order valence-electron chi connectivity index (χ4n) is 1.72. The summed E-state index contributed by atoms with van der Waals surface area (Å²) in [5.41, 5.74) is 0.890. The molecule has 1 aromatic heterocycles. The Balaban J connectivity index is 1.75. The van der Waals surface area contributed by atoms with Crippen LogP contribution in [0, 0.1) is 0 Å². The SMILES string of the molecule is C[C@H](CNC(=O)/C=C\c1cccnc1)Oc1ccccc1. The second-order valence-corrected chi connectivity index (χ2v) is 4.61. The molecule has 4 heteroatoms. The number of benzene rings is 1. The monoisotopic (exact) mass is 282 g/mol. The van der Waals surface area contributed by atoms with Crippen molar-refractivity contribution in [1.29, 1.82) is 0 Å². The Bertz CT molecular complexity index is 582. The number of ether oxygens (including phenoxy) is 1. The largest absolute Gasteiger partial charge is 0.489 e. The number of carbonyl (C=O) groups is 1. The van der Waals surface area contributed by atoms with E-state index in [1.807, 2.05) is 49.4 Å². The van der Waals surface area contributed by atoms with Gasteiger partial charge in [-0.05, 0) is 36.8 Å². The van der Waals surface area contributed by atoms with Crippen LogP contribution in [-0.2, 0) is 4.79 Å². The van der Waals surface area contributed by atoms with Gasteiger partial charge in [-0.3, -0.25) is 9.78 Å². The minimum absolute atomic E-state index is 0.0943. The third-order valence-corrected chi connectivity index (χ3v) is 2.76. The highest BCUT2D eigenvalue weighted by Gasteiger charge is 2.04. The molecule has 2 aromatic rings. The van der Waals surface area contributed by atoms with Crippen LogP contribution in [0.2, 0.25) is 0 Å². The van der Waals surface area contributed by atoms with Gasteiger partial charge in [-0.25, -0.2) is 0 Å². The van der Waals surface area contributed by atoms with Crippen molar-refractivity contribution >= 4 is 12.0 Å². The molecule has 0 unspecified atom stereocenters. The average molecular weight is 282 g/mol. The number of hydrogen-bond donors (Lipinski definition) is 1. The minimum atomic E-state index is -0.151. The number of para-hydroxylation sites is 1. The van der Waals surface area contributed by atoms with Gasteiger partial charge >= 0.3 is 0 Å². The lowest BCUT2D eigenvalue weighted by molar-refractivity contribution is -0.116. The van der Waals surface area contributed by atoms with Gasteiger partial charge in [0.2, 0.25) is 5.91 Å². The van der Waals surface area contributed by atoms with Crippen LogP contribution in [0.15, 0.2) is 60.9 Å². The smallest absolute Gasteiger partial charge is 0.244 e. The first-order valence-corrected chi connectivity index (χ1v) is 6.81. The lowest BCUT2D eigenvalue weighted by Crippen LogP contribution is -2.32. The molecule has 1 N–H and O–H groups in total. The Labute approximate surface area is 124 Å². The predicted molar refractivity (Wildman–Crippen MR) is 82.8 cm³/mol. The quantitative estimate of drug-likeness (QED) is 0.829. The number of rotatable bonds is 6. The highest BCUT2D eigenvalue weighted by Crippen LogP contribution is 2.10. The van der Waals surface area contributed by atoms with Crippen molar-refractivity contribution in [3.63, 3.8) is 0 Å². The standard InChI is InChI=1S/C17H18N2O2/c1-14(21-16-7-3-2-4-8-16)12-19-17(20)10-9-15-6-5-11-18-13-15/h2-11,13-14H,12H2,1H3,(H,19,20)/b10-9-/t14-/m1/s1. The Hall–Kier alpha value is -2.62. The van der Waals surface area contributed by atoms with Crippen LogP contribution in [0.1, 0.15) is 12.5 Å². The zero-order valence-electron chi connectivity index (χ0n) is 11.9. The van der Waals surface area contributed by atoms with E-state index in [9.17, 15) is 4.79 Å². The van der Waals surface area contributed by atoms with Gasteiger partial charge in [-0.2, -0.15) is 0 Å². The molecular formula is C17H18N2O2. The first-order chi connectivity index (χ1) is 10.2. The van der Waals surface area contributed by atoms with Gasteiger partial charge in [0, 0.05) is 18.5 Å². The second kappa shape index (κ2) is 7.85. The van der Waals surface area contributed by atoms with E-state index >= 15 is 0 Å². The number of carbonyl (C=O) groups excluding carboxylic acids is 1. The fraction of sp³-hybridized carbons (Fsp3) is 0.176. The molecule has 1 amide bonds. The normalized spacial score (nSPS) is 12.0. The van der Waals surface area contributed by atoms with Crippen molar-refractivity contribution in [3.8, 4) is 5.75 Å². The van der Waals surface area contributed by atoms with Crippen molar-refractivity contribution in [2.45, 2.75) is 13.0 Å². The van der Waals surface area contributed by atoms with Crippen molar-refractivity contribution < 1.29 is 9.53 Å². The predicted octanol–water partition coefficient (Wildman–Crippen LogP) is 2.68. The Morgan fingerprint density at radius 1 is 1.29 bits per heavy atom. The van der Waals surface area contributed by atoms with E-state index < -0.39 is 0 Å². The summed E-state index contributed by atoms with van der Waals surface area (Å²) >= 11 is 0. The molecule has 0 aliphatic carbocycles. The number of amides is 1. The van der Waals surface area contributed by atoms with E-state index in [2.05, 4.69) is 10.3 Å². The Morgan fingerprint density at radius 3 is 2.81 bits per heavy atom. The summed E-state index contributed by atoms with van der Waals surface area (Å²) < 4.78 is 5.68. The van der Waals surface area contributed by atoms with Crippen LogP contribution in [-0.4, -0.2) is 23.5 Å². The van der Waals surface area contributed by atoms with Crippen molar-refractivity contribution in [2.75, 3.05) is 6.54 Å². The molecular weight excluding hydrogens is 264 g/mol. The molecule has 1 aromatic carbocycles. The van der Waals surface area contributed by atoms with E-state index in [4.69, 9.17) is 4.74 Å². The van der Waals surface area contributed by atoms with Gasteiger partial charge in [0.1, 0.15) is 11.9 Å². The molecule has 0 aliphatic heterocycles. The summed E-state index contributed by atoms with van der Waals surface area (Å²) in [5.74, 6) is 0.646. The van der Waals surface area contributed by atoms with Gasteiger partial charge in [0.25, 0.3) is 0 Å². The maximum absolute atomic E-state index is 11.7. The zero-order valence-corrected chi connectivity index (χ0v) is 11.9. The minimum Gasteiger partial charge on any atom is -0.489 e. The van der Waals surface area contributed by atoms with Crippen LogP contribution >= 0.6 is 0 Å². The lowest BCUT2D eigenvalue weighted by Gasteiger charge is -2.14. The van der Waals surface area contributed by atoms with Crippen LogP contribution in [0.3, 0.4) is 0 Å². The summed E-state index contributed by atoms with van der Waals surface area (Å²) in [7, 11) is 0. The third-order valence-electron chi connectivity index (χ3n) is 2.76. The van der Waals surface area contributed by atoms with Gasteiger partial charge < -0.3 is 10.1 Å². The Morgan fingerprint density at radius 2 is 2.10 bits per heavy atom. The molecule has 2 rings (SSSR count).